The lowest BCUT2D eigenvalue weighted by Gasteiger charge is -2.06. The van der Waals surface area contributed by atoms with Crippen LogP contribution >= 0.6 is 11.3 Å². The number of carbonyl (C=O) groups excluding carboxylic acids is 1. The predicted octanol–water partition coefficient (Wildman–Crippen LogP) is 3.70. The third-order valence-corrected chi connectivity index (χ3v) is 4.00. The highest BCUT2D eigenvalue weighted by molar-refractivity contribution is 7.10. The van der Waals surface area contributed by atoms with Gasteiger partial charge in [-0.3, -0.25) is 4.79 Å². The van der Waals surface area contributed by atoms with Crippen molar-refractivity contribution < 1.29 is 4.79 Å². The Morgan fingerprint density at radius 1 is 1.29 bits per heavy atom. The highest BCUT2D eigenvalue weighted by Gasteiger charge is 2.09. The fourth-order valence-electron chi connectivity index (χ4n) is 2.07. The van der Waals surface area contributed by atoms with Crippen LogP contribution in [0.25, 0.3) is 11.3 Å². The summed E-state index contributed by atoms with van der Waals surface area (Å²) < 4.78 is 0. The molecule has 0 bridgehead atoms. The number of ketones is 1. The Balaban J connectivity index is 1.81. The van der Waals surface area contributed by atoms with Crippen molar-refractivity contribution in [2.45, 2.75) is 39.2 Å². The molecule has 0 atom stereocenters. The van der Waals surface area contributed by atoms with Crippen molar-refractivity contribution in [3.8, 4) is 11.3 Å². The highest BCUT2D eigenvalue weighted by Crippen LogP contribution is 2.22. The summed E-state index contributed by atoms with van der Waals surface area (Å²) in [5.74, 6) is 0.273. The van der Waals surface area contributed by atoms with Crippen LogP contribution in [0.15, 0.2) is 35.7 Å². The molecule has 0 saturated heterocycles. The number of nitrogens with zero attached hydrogens (tertiary/aromatic N) is 1. The number of rotatable bonds is 8. The quantitative estimate of drug-likeness (QED) is 0.756. The van der Waals surface area contributed by atoms with Gasteiger partial charge in [0, 0.05) is 23.4 Å². The normalized spacial score (nSPS) is 11.0. The van der Waals surface area contributed by atoms with Crippen LogP contribution in [0.5, 0.6) is 0 Å². The minimum absolute atomic E-state index is 0.273. The minimum atomic E-state index is 0.273. The molecule has 0 saturated carbocycles. The van der Waals surface area contributed by atoms with Crippen LogP contribution in [0, 0.1) is 0 Å². The van der Waals surface area contributed by atoms with E-state index in [1.807, 2.05) is 35.7 Å². The van der Waals surface area contributed by atoms with Crippen molar-refractivity contribution >= 4 is 17.1 Å². The van der Waals surface area contributed by atoms with Crippen molar-refractivity contribution in [3.05, 3.63) is 40.7 Å². The summed E-state index contributed by atoms with van der Waals surface area (Å²) >= 11 is 1.57. The first-order chi connectivity index (χ1) is 10.1. The topological polar surface area (TPSA) is 42.0 Å². The standard InChI is InChI=1S/C17H22N2OS/c1-13(2)18-10-6-9-15(20)11-17-19-16(12-21-17)14-7-4-3-5-8-14/h3-5,7-8,12-13,18H,6,9-11H2,1-2H3. The first-order valence-electron chi connectivity index (χ1n) is 7.40. The second kappa shape index (κ2) is 8.05. The molecule has 0 fully saturated rings. The lowest BCUT2D eigenvalue weighted by atomic mass is 10.1. The number of Topliss-reactive ketones (excluding diaryl/α,β-unsaturated/α-hetero) is 1. The van der Waals surface area contributed by atoms with Crippen LogP contribution in [-0.2, 0) is 11.2 Å². The Kier molecular flexibility index (Phi) is 6.08. The van der Waals surface area contributed by atoms with Gasteiger partial charge in [-0.1, -0.05) is 44.2 Å². The van der Waals surface area contributed by atoms with Gasteiger partial charge in [0.05, 0.1) is 12.1 Å². The number of aromatic nitrogens is 1. The van der Waals surface area contributed by atoms with Crippen LogP contribution in [0.4, 0.5) is 0 Å². The zero-order chi connectivity index (χ0) is 15.1. The van der Waals surface area contributed by atoms with Crippen molar-refractivity contribution in [3.63, 3.8) is 0 Å². The Morgan fingerprint density at radius 2 is 2.05 bits per heavy atom. The van der Waals surface area contributed by atoms with E-state index in [0.717, 1.165) is 29.2 Å². The zero-order valence-corrected chi connectivity index (χ0v) is 13.5. The molecule has 2 rings (SSSR count). The molecule has 0 radical (unpaired) electrons. The first kappa shape index (κ1) is 15.9. The van der Waals surface area contributed by atoms with Gasteiger partial charge >= 0.3 is 0 Å². The molecular formula is C17H22N2OS. The largest absolute Gasteiger partial charge is 0.315 e. The number of nitrogens with one attached hydrogen (secondary N) is 1. The van der Waals surface area contributed by atoms with Crippen LogP contribution in [0.1, 0.15) is 31.7 Å². The summed E-state index contributed by atoms with van der Waals surface area (Å²) in [7, 11) is 0. The molecule has 1 heterocycles. The third-order valence-electron chi connectivity index (χ3n) is 3.15. The molecule has 0 amide bonds. The Labute approximate surface area is 130 Å². The summed E-state index contributed by atoms with van der Waals surface area (Å²) in [4.78, 5) is 16.5. The summed E-state index contributed by atoms with van der Waals surface area (Å²) in [6, 6.07) is 10.6. The average molecular weight is 302 g/mol. The summed E-state index contributed by atoms with van der Waals surface area (Å²) in [5.41, 5.74) is 2.07. The Hall–Kier alpha value is -1.52. The minimum Gasteiger partial charge on any atom is -0.315 e. The van der Waals surface area contributed by atoms with E-state index in [1.165, 1.54) is 0 Å². The molecule has 1 N–H and O–H groups in total. The first-order valence-corrected chi connectivity index (χ1v) is 8.28. The Morgan fingerprint density at radius 3 is 2.76 bits per heavy atom. The molecule has 3 nitrogen and oxygen atoms in total. The monoisotopic (exact) mass is 302 g/mol. The van der Waals surface area contributed by atoms with Crippen LogP contribution in [-0.4, -0.2) is 23.4 Å². The van der Waals surface area contributed by atoms with Gasteiger partial charge in [-0.15, -0.1) is 11.3 Å². The molecule has 0 aliphatic heterocycles. The van der Waals surface area contributed by atoms with Gasteiger partial charge in [-0.2, -0.15) is 0 Å². The molecule has 4 heteroatoms. The maximum absolute atomic E-state index is 11.9. The molecule has 21 heavy (non-hydrogen) atoms. The lowest BCUT2D eigenvalue weighted by molar-refractivity contribution is -0.118. The number of thiazole rings is 1. The van der Waals surface area contributed by atoms with E-state index in [2.05, 4.69) is 24.1 Å². The summed E-state index contributed by atoms with van der Waals surface area (Å²) in [5, 5.41) is 6.26. The van der Waals surface area contributed by atoms with E-state index in [1.54, 1.807) is 11.3 Å². The van der Waals surface area contributed by atoms with Gasteiger partial charge in [0.2, 0.25) is 0 Å². The molecule has 2 aromatic rings. The maximum Gasteiger partial charge on any atom is 0.139 e. The van der Waals surface area contributed by atoms with E-state index in [9.17, 15) is 4.79 Å². The molecule has 0 unspecified atom stereocenters. The van der Waals surface area contributed by atoms with Crippen molar-refractivity contribution in [2.75, 3.05) is 6.54 Å². The summed E-state index contributed by atoms with van der Waals surface area (Å²) in [6.45, 7) is 5.13. The zero-order valence-electron chi connectivity index (χ0n) is 12.6. The lowest BCUT2D eigenvalue weighted by Crippen LogP contribution is -2.24. The second-order valence-corrected chi connectivity index (χ2v) is 6.36. The molecule has 1 aromatic carbocycles. The highest BCUT2D eigenvalue weighted by atomic mass is 32.1. The smallest absolute Gasteiger partial charge is 0.139 e. The van der Waals surface area contributed by atoms with Crippen LogP contribution in [0.3, 0.4) is 0 Å². The molecular weight excluding hydrogens is 280 g/mol. The van der Waals surface area contributed by atoms with E-state index in [-0.39, 0.29) is 5.78 Å². The fourth-order valence-corrected chi connectivity index (χ4v) is 2.90. The molecule has 112 valence electrons. The SMILES string of the molecule is CC(C)NCCCC(=O)Cc1nc(-c2ccccc2)cs1. The van der Waals surface area contributed by atoms with Gasteiger partial charge in [-0.05, 0) is 13.0 Å². The van der Waals surface area contributed by atoms with E-state index >= 15 is 0 Å². The van der Waals surface area contributed by atoms with Crippen LogP contribution in [0.2, 0.25) is 0 Å². The molecule has 1 aromatic heterocycles. The molecule has 0 aliphatic carbocycles. The third kappa shape index (κ3) is 5.40. The predicted molar refractivity (Wildman–Crippen MR) is 88.6 cm³/mol. The van der Waals surface area contributed by atoms with Crippen molar-refractivity contribution in [2.24, 2.45) is 0 Å². The van der Waals surface area contributed by atoms with Gasteiger partial charge in [0.1, 0.15) is 10.8 Å². The average Bonchev–Trinajstić information content (AvgIpc) is 2.93. The fraction of sp³-hybridized carbons (Fsp3) is 0.412. The van der Waals surface area contributed by atoms with E-state index < -0.39 is 0 Å². The summed E-state index contributed by atoms with van der Waals surface area (Å²) in [6.07, 6.45) is 1.98. The number of benzene rings is 1. The van der Waals surface area contributed by atoms with Gasteiger partial charge in [0.15, 0.2) is 0 Å². The number of hydrogen-bond acceptors (Lipinski definition) is 4. The van der Waals surface area contributed by atoms with E-state index in [0.29, 0.717) is 18.9 Å². The van der Waals surface area contributed by atoms with Gasteiger partial charge in [0.25, 0.3) is 0 Å². The van der Waals surface area contributed by atoms with Gasteiger partial charge < -0.3 is 5.32 Å². The maximum atomic E-state index is 11.9. The van der Waals surface area contributed by atoms with Crippen molar-refractivity contribution in [1.29, 1.82) is 0 Å². The number of carbonyl (C=O) groups is 1. The van der Waals surface area contributed by atoms with Crippen LogP contribution < -0.4 is 5.32 Å². The second-order valence-electron chi connectivity index (χ2n) is 5.42. The Bertz CT molecular complexity index is 563. The number of hydrogen-bond donors (Lipinski definition) is 1. The van der Waals surface area contributed by atoms with E-state index in [4.69, 9.17) is 0 Å². The van der Waals surface area contributed by atoms with Gasteiger partial charge in [-0.25, -0.2) is 4.98 Å². The van der Waals surface area contributed by atoms with Crippen molar-refractivity contribution in [1.82, 2.24) is 10.3 Å². The molecule has 0 spiro atoms. The molecule has 0 aliphatic rings.